The second-order valence-corrected chi connectivity index (χ2v) is 6.98. The molecule has 1 aromatic heterocycles. The molecule has 1 aliphatic heterocycles. The van der Waals surface area contributed by atoms with Gasteiger partial charge in [0.15, 0.2) is 0 Å². The van der Waals surface area contributed by atoms with Crippen LogP contribution in [0.4, 0.5) is 5.82 Å². The fourth-order valence-electron chi connectivity index (χ4n) is 2.91. The van der Waals surface area contributed by atoms with E-state index in [4.69, 9.17) is 5.26 Å². The lowest BCUT2D eigenvalue weighted by Gasteiger charge is -2.33. The summed E-state index contributed by atoms with van der Waals surface area (Å²) in [7, 11) is 2.11. The van der Waals surface area contributed by atoms with Gasteiger partial charge in [0.25, 0.3) is 5.91 Å². The van der Waals surface area contributed by atoms with Crippen LogP contribution in [0.15, 0.2) is 18.3 Å². The zero-order valence-electron chi connectivity index (χ0n) is 16.1. The molecule has 8 nitrogen and oxygen atoms in total. The summed E-state index contributed by atoms with van der Waals surface area (Å²) in [5, 5.41) is 13.8. The van der Waals surface area contributed by atoms with Gasteiger partial charge in [-0.2, -0.15) is 5.26 Å². The van der Waals surface area contributed by atoms with Gasteiger partial charge in [-0.05, 0) is 31.5 Å². The number of aromatic nitrogens is 1. The van der Waals surface area contributed by atoms with E-state index >= 15 is 0 Å². The van der Waals surface area contributed by atoms with Gasteiger partial charge in [-0.15, -0.1) is 0 Å². The topological polar surface area (TPSA) is 101 Å². The zero-order valence-corrected chi connectivity index (χ0v) is 16.1. The number of carbonyl (C=O) groups is 2. The van der Waals surface area contributed by atoms with E-state index in [9.17, 15) is 9.59 Å². The number of nitrogens with zero attached hydrogens (tertiary/aromatic N) is 4. The van der Waals surface area contributed by atoms with Crippen LogP contribution in [0.5, 0.6) is 0 Å². The number of nitriles is 1. The molecule has 1 atom stereocenters. The summed E-state index contributed by atoms with van der Waals surface area (Å²) < 4.78 is 0. The molecule has 146 valence electrons. The van der Waals surface area contributed by atoms with Crippen molar-refractivity contribution < 1.29 is 9.59 Å². The summed E-state index contributed by atoms with van der Waals surface area (Å²) in [6.07, 6.45) is 2.65. The molecule has 0 bridgehead atoms. The molecule has 1 aromatic rings. The summed E-state index contributed by atoms with van der Waals surface area (Å²) >= 11 is 0. The van der Waals surface area contributed by atoms with Gasteiger partial charge in [0, 0.05) is 45.3 Å². The average molecular weight is 372 g/mol. The first-order chi connectivity index (χ1) is 13.0. The summed E-state index contributed by atoms with van der Waals surface area (Å²) in [6.45, 7) is 6.37. The molecule has 1 fully saturated rings. The van der Waals surface area contributed by atoms with Crippen LogP contribution in [-0.2, 0) is 4.79 Å². The van der Waals surface area contributed by atoms with Crippen LogP contribution in [0, 0.1) is 17.2 Å². The van der Waals surface area contributed by atoms with Gasteiger partial charge in [-0.25, -0.2) is 4.98 Å². The summed E-state index contributed by atoms with van der Waals surface area (Å²) in [5.74, 6) is 0.728. The lowest BCUT2D eigenvalue weighted by molar-refractivity contribution is -0.121. The second-order valence-electron chi connectivity index (χ2n) is 6.98. The Hall–Kier alpha value is -2.66. The van der Waals surface area contributed by atoms with E-state index in [1.165, 1.54) is 0 Å². The fourth-order valence-corrected chi connectivity index (χ4v) is 2.91. The number of piperazine rings is 1. The molecule has 8 heteroatoms. The number of pyridine rings is 1. The predicted molar refractivity (Wildman–Crippen MR) is 103 cm³/mol. The molecule has 27 heavy (non-hydrogen) atoms. The highest BCUT2D eigenvalue weighted by molar-refractivity contribution is 5.94. The molecule has 1 unspecified atom stereocenters. The van der Waals surface area contributed by atoms with Crippen LogP contribution in [0.1, 0.15) is 30.1 Å². The molecule has 0 saturated carbocycles. The SMILES string of the molecule is CC(CCNC(=O)c1ccc(N2CCN(C)CC2)nc1)CC(=O)NCC#N. The first-order valence-corrected chi connectivity index (χ1v) is 9.31. The molecule has 1 saturated heterocycles. The normalized spacial score (nSPS) is 15.7. The standard InChI is InChI=1S/C19H28N6O2/c1-15(13-18(26)21-8-6-20)5-7-22-19(27)16-3-4-17(23-14-16)25-11-9-24(2)10-12-25/h3-4,14-15H,5,7-13H2,1-2H3,(H,21,26)(H,22,27). The van der Waals surface area contributed by atoms with Crippen molar-refractivity contribution in [1.29, 1.82) is 5.26 Å². The third kappa shape index (κ3) is 6.87. The molecule has 0 spiro atoms. The number of nitrogens with one attached hydrogen (secondary N) is 2. The van der Waals surface area contributed by atoms with Gasteiger partial charge >= 0.3 is 0 Å². The van der Waals surface area contributed by atoms with Crippen LogP contribution in [0.2, 0.25) is 0 Å². The van der Waals surface area contributed by atoms with Gasteiger partial charge < -0.3 is 20.4 Å². The summed E-state index contributed by atoms with van der Waals surface area (Å²) in [5.41, 5.74) is 0.535. The van der Waals surface area contributed by atoms with Crippen molar-refractivity contribution in [2.75, 3.05) is 51.2 Å². The van der Waals surface area contributed by atoms with Crippen LogP contribution in [-0.4, -0.2) is 68.0 Å². The zero-order chi connectivity index (χ0) is 19.6. The molecular formula is C19H28N6O2. The predicted octanol–water partition coefficient (Wildman–Crippen LogP) is 0.619. The lowest BCUT2D eigenvalue weighted by atomic mass is 10.0. The maximum atomic E-state index is 12.2. The van der Waals surface area contributed by atoms with Crippen molar-refractivity contribution in [3.63, 3.8) is 0 Å². The van der Waals surface area contributed by atoms with E-state index in [2.05, 4.69) is 32.5 Å². The largest absolute Gasteiger partial charge is 0.354 e. The van der Waals surface area contributed by atoms with E-state index in [-0.39, 0.29) is 24.3 Å². The van der Waals surface area contributed by atoms with E-state index in [1.54, 1.807) is 12.3 Å². The monoisotopic (exact) mass is 372 g/mol. The number of hydrogen-bond acceptors (Lipinski definition) is 6. The smallest absolute Gasteiger partial charge is 0.252 e. The van der Waals surface area contributed by atoms with E-state index < -0.39 is 0 Å². The Kier molecular flexibility index (Phi) is 8.01. The van der Waals surface area contributed by atoms with Crippen molar-refractivity contribution in [2.24, 2.45) is 5.92 Å². The Morgan fingerprint density at radius 2 is 2.00 bits per heavy atom. The average Bonchev–Trinajstić information content (AvgIpc) is 2.67. The maximum absolute atomic E-state index is 12.2. The van der Waals surface area contributed by atoms with Crippen molar-refractivity contribution >= 4 is 17.6 Å². The Morgan fingerprint density at radius 3 is 2.63 bits per heavy atom. The molecule has 0 aromatic carbocycles. The summed E-state index contributed by atoms with van der Waals surface area (Å²) in [4.78, 5) is 32.7. The van der Waals surface area contributed by atoms with Gasteiger partial charge in [0.1, 0.15) is 12.4 Å². The molecule has 2 rings (SSSR count). The Balaban J connectivity index is 1.73. The van der Waals surface area contributed by atoms with Crippen molar-refractivity contribution in [2.45, 2.75) is 19.8 Å². The Labute approximate surface area is 160 Å². The number of carbonyl (C=O) groups excluding carboxylic acids is 2. The van der Waals surface area contributed by atoms with Gasteiger partial charge in [-0.3, -0.25) is 9.59 Å². The molecule has 2 heterocycles. The highest BCUT2D eigenvalue weighted by Gasteiger charge is 2.16. The van der Waals surface area contributed by atoms with Crippen molar-refractivity contribution in [3.05, 3.63) is 23.9 Å². The highest BCUT2D eigenvalue weighted by atomic mass is 16.2. The minimum Gasteiger partial charge on any atom is -0.354 e. The molecule has 2 N–H and O–H groups in total. The van der Waals surface area contributed by atoms with Gasteiger partial charge in [0.2, 0.25) is 5.91 Å². The minimum absolute atomic E-state index is 0.0272. The number of likely N-dealkylation sites (N-methyl/N-ethyl adjacent to an activating group) is 1. The number of rotatable bonds is 8. The fraction of sp³-hybridized carbons (Fsp3) is 0.579. The minimum atomic E-state index is -0.159. The van der Waals surface area contributed by atoms with Crippen LogP contribution in [0.3, 0.4) is 0 Å². The van der Waals surface area contributed by atoms with Crippen LogP contribution < -0.4 is 15.5 Å². The molecule has 2 amide bonds. The van der Waals surface area contributed by atoms with Crippen molar-refractivity contribution in [3.8, 4) is 6.07 Å². The third-order valence-electron chi connectivity index (χ3n) is 4.66. The van der Waals surface area contributed by atoms with Crippen LogP contribution in [0.25, 0.3) is 0 Å². The third-order valence-corrected chi connectivity index (χ3v) is 4.66. The number of anilines is 1. The van der Waals surface area contributed by atoms with E-state index in [0.29, 0.717) is 24.9 Å². The van der Waals surface area contributed by atoms with Crippen LogP contribution >= 0.6 is 0 Å². The first kappa shape index (κ1) is 20.6. The Bertz CT molecular complexity index is 662. The van der Waals surface area contributed by atoms with Crippen molar-refractivity contribution in [1.82, 2.24) is 20.5 Å². The molecule has 1 aliphatic rings. The first-order valence-electron chi connectivity index (χ1n) is 9.31. The number of hydrogen-bond donors (Lipinski definition) is 2. The molecule has 0 radical (unpaired) electrons. The lowest BCUT2D eigenvalue weighted by Crippen LogP contribution is -2.44. The number of amides is 2. The molecular weight excluding hydrogens is 344 g/mol. The molecule has 0 aliphatic carbocycles. The maximum Gasteiger partial charge on any atom is 0.252 e. The van der Waals surface area contributed by atoms with Gasteiger partial charge in [-0.1, -0.05) is 6.92 Å². The second kappa shape index (κ2) is 10.5. The van der Waals surface area contributed by atoms with E-state index in [0.717, 1.165) is 32.0 Å². The highest BCUT2D eigenvalue weighted by Crippen LogP contribution is 2.13. The van der Waals surface area contributed by atoms with E-state index in [1.807, 2.05) is 19.1 Å². The Morgan fingerprint density at radius 1 is 1.26 bits per heavy atom. The summed E-state index contributed by atoms with van der Waals surface area (Å²) in [6, 6.07) is 5.57. The van der Waals surface area contributed by atoms with Gasteiger partial charge in [0.05, 0.1) is 11.6 Å². The quantitative estimate of drug-likeness (QED) is 0.649.